The minimum absolute atomic E-state index is 0.203. The van der Waals surface area contributed by atoms with Crippen molar-refractivity contribution in [3.8, 4) is 23.1 Å². The van der Waals surface area contributed by atoms with Crippen molar-refractivity contribution >= 4 is 34.1 Å². The smallest absolute Gasteiger partial charge is 0.335 e. The summed E-state index contributed by atoms with van der Waals surface area (Å²) >= 11 is 0. The number of para-hydroxylation sites is 2. The van der Waals surface area contributed by atoms with E-state index in [0.717, 1.165) is 10.9 Å². The standard InChI is InChI=1S/C32H23N3O6/c1-39-27-11-6-12-28-24(27)17-29(41-28)30-34-25-9-4-3-8-23(25)31(36)35(30)33-18-22-7-2-5-10-26(22)40-19-20-13-15-21(16-14-20)32(37)38/h2-18H,19H2,1H3,(H,37,38). The lowest BCUT2D eigenvalue weighted by molar-refractivity contribution is 0.0697. The van der Waals surface area contributed by atoms with Crippen molar-refractivity contribution in [3.63, 3.8) is 0 Å². The molecular formula is C32H23N3O6. The van der Waals surface area contributed by atoms with Gasteiger partial charge in [-0.2, -0.15) is 9.78 Å². The Hall–Kier alpha value is -5.70. The lowest BCUT2D eigenvalue weighted by Gasteiger charge is -2.10. The molecule has 9 heteroatoms. The third-order valence-electron chi connectivity index (χ3n) is 6.54. The van der Waals surface area contributed by atoms with Gasteiger partial charge in [-0.05, 0) is 60.2 Å². The van der Waals surface area contributed by atoms with E-state index in [4.69, 9.17) is 24.0 Å². The van der Waals surface area contributed by atoms with Crippen LogP contribution in [-0.2, 0) is 6.61 Å². The van der Waals surface area contributed by atoms with E-state index in [1.807, 2.05) is 42.5 Å². The summed E-state index contributed by atoms with van der Waals surface area (Å²) in [7, 11) is 1.58. The largest absolute Gasteiger partial charge is 0.496 e. The van der Waals surface area contributed by atoms with Crippen molar-refractivity contribution in [1.82, 2.24) is 9.66 Å². The van der Waals surface area contributed by atoms with Crippen LogP contribution in [-0.4, -0.2) is 34.1 Å². The molecule has 0 unspecified atom stereocenters. The Bertz CT molecular complexity index is 1990. The van der Waals surface area contributed by atoms with Crippen molar-refractivity contribution in [3.05, 3.63) is 124 Å². The molecule has 6 rings (SSSR count). The van der Waals surface area contributed by atoms with E-state index in [1.54, 1.807) is 49.6 Å². The van der Waals surface area contributed by atoms with Crippen molar-refractivity contribution in [2.24, 2.45) is 5.10 Å². The SMILES string of the molecule is COc1cccc2oc(-c3nc4ccccc4c(=O)n3N=Cc3ccccc3OCc3ccc(C(=O)O)cc3)cc12. The molecule has 0 amide bonds. The van der Waals surface area contributed by atoms with Crippen LogP contribution in [0.5, 0.6) is 11.5 Å². The van der Waals surface area contributed by atoms with E-state index >= 15 is 0 Å². The molecule has 4 aromatic carbocycles. The summed E-state index contributed by atoms with van der Waals surface area (Å²) in [6.45, 7) is 0.217. The quantitative estimate of drug-likeness (QED) is 0.234. The van der Waals surface area contributed by atoms with Gasteiger partial charge >= 0.3 is 5.97 Å². The average Bonchev–Trinajstić information content (AvgIpc) is 3.45. The molecule has 0 saturated carbocycles. The third kappa shape index (κ3) is 5.04. The minimum Gasteiger partial charge on any atom is -0.496 e. The van der Waals surface area contributed by atoms with Crippen LogP contribution in [0.2, 0.25) is 0 Å². The number of methoxy groups -OCH3 is 1. The average molecular weight is 546 g/mol. The maximum Gasteiger partial charge on any atom is 0.335 e. The zero-order valence-electron chi connectivity index (χ0n) is 21.9. The first kappa shape index (κ1) is 25.6. The first-order valence-corrected chi connectivity index (χ1v) is 12.7. The van der Waals surface area contributed by atoms with Gasteiger partial charge in [-0.3, -0.25) is 4.79 Å². The van der Waals surface area contributed by atoms with E-state index < -0.39 is 5.97 Å². The molecule has 0 fully saturated rings. The number of carboxylic acids is 1. The fourth-order valence-electron chi connectivity index (χ4n) is 4.46. The van der Waals surface area contributed by atoms with Crippen LogP contribution in [0.15, 0.2) is 111 Å². The first-order valence-electron chi connectivity index (χ1n) is 12.7. The monoisotopic (exact) mass is 545 g/mol. The van der Waals surface area contributed by atoms with Gasteiger partial charge in [0.2, 0.25) is 5.82 Å². The predicted octanol–water partition coefficient (Wildman–Crippen LogP) is 5.98. The minimum atomic E-state index is -0.987. The lowest BCUT2D eigenvalue weighted by Crippen LogP contribution is -2.20. The molecule has 0 saturated heterocycles. The van der Waals surface area contributed by atoms with E-state index in [1.165, 1.54) is 23.0 Å². The van der Waals surface area contributed by atoms with Gasteiger partial charge in [0.15, 0.2) is 5.76 Å². The molecule has 0 aliphatic heterocycles. The summed E-state index contributed by atoms with van der Waals surface area (Å²) in [5.74, 6) is 0.785. The highest BCUT2D eigenvalue weighted by molar-refractivity contribution is 5.89. The van der Waals surface area contributed by atoms with E-state index in [9.17, 15) is 9.59 Å². The van der Waals surface area contributed by atoms with Crippen LogP contribution < -0.4 is 15.0 Å². The summed E-state index contributed by atoms with van der Waals surface area (Å²) < 4.78 is 18.8. The number of nitrogens with zero attached hydrogens (tertiary/aromatic N) is 3. The Morgan fingerprint density at radius 3 is 2.51 bits per heavy atom. The number of ether oxygens (including phenoxy) is 2. The van der Waals surface area contributed by atoms with Crippen molar-refractivity contribution < 1.29 is 23.8 Å². The molecular weight excluding hydrogens is 522 g/mol. The molecule has 0 aliphatic carbocycles. The molecule has 0 aliphatic rings. The van der Waals surface area contributed by atoms with Crippen molar-refractivity contribution in [1.29, 1.82) is 0 Å². The number of carbonyl (C=O) groups is 1. The Kier molecular flexibility index (Phi) is 6.75. The highest BCUT2D eigenvalue weighted by atomic mass is 16.5. The van der Waals surface area contributed by atoms with Crippen LogP contribution in [0.3, 0.4) is 0 Å². The molecule has 41 heavy (non-hydrogen) atoms. The van der Waals surface area contributed by atoms with Gasteiger partial charge in [0, 0.05) is 5.56 Å². The highest BCUT2D eigenvalue weighted by Gasteiger charge is 2.18. The molecule has 0 bridgehead atoms. The summed E-state index contributed by atoms with van der Waals surface area (Å²) in [6, 6.07) is 28.1. The number of rotatable bonds is 8. The Balaban J connectivity index is 1.39. The van der Waals surface area contributed by atoms with Gasteiger partial charge in [0.25, 0.3) is 5.56 Å². The molecule has 2 aromatic heterocycles. The maximum absolute atomic E-state index is 13.6. The summed E-state index contributed by atoms with van der Waals surface area (Å²) in [6.07, 6.45) is 1.54. The fraction of sp³-hybridized carbons (Fsp3) is 0.0625. The van der Waals surface area contributed by atoms with Crippen LogP contribution in [0.1, 0.15) is 21.5 Å². The molecule has 0 atom stereocenters. The normalized spacial score (nSPS) is 11.3. The van der Waals surface area contributed by atoms with Crippen molar-refractivity contribution in [2.45, 2.75) is 6.61 Å². The van der Waals surface area contributed by atoms with Crippen LogP contribution in [0, 0.1) is 0 Å². The van der Waals surface area contributed by atoms with Crippen LogP contribution in [0.25, 0.3) is 33.5 Å². The van der Waals surface area contributed by atoms with Crippen molar-refractivity contribution in [2.75, 3.05) is 7.11 Å². The van der Waals surface area contributed by atoms with Gasteiger partial charge in [-0.15, -0.1) is 0 Å². The van der Waals surface area contributed by atoms with Crippen LogP contribution >= 0.6 is 0 Å². The second-order valence-electron chi connectivity index (χ2n) is 9.13. The maximum atomic E-state index is 13.6. The summed E-state index contributed by atoms with van der Waals surface area (Å²) in [4.78, 5) is 29.5. The molecule has 9 nitrogen and oxygen atoms in total. The number of furan rings is 1. The highest BCUT2D eigenvalue weighted by Crippen LogP contribution is 2.33. The third-order valence-corrected chi connectivity index (χ3v) is 6.54. The Morgan fingerprint density at radius 1 is 0.951 bits per heavy atom. The van der Waals surface area contributed by atoms with Gasteiger partial charge in [-0.1, -0.05) is 42.5 Å². The number of carboxylic acid groups (broad SMARTS) is 1. The zero-order chi connectivity index (χ0) is 28.3. The van der Waals surface area contributed by atoms with Gasteiger partial charge < -0.3 is 19.0 Å². The topological polar surface area (TPSA) is 116 Å². The number of hydrogen-bond donors (Lipinski definition) is 1. The fourth-order valence-corrected chi connectivity index (χ4v) is 4.46. The summed E-state index contributed by atoms with van der Waals surface area (Å²) in [5.41, 5.74) is 2.39. The molecule has 1 N–H and O–H groups in total. The first-order chi connectivity index (χ1) is 20.0. The summed E-state index contributed by atoms with van der Waals surface area (Å²) in [5, 5.41) is 14.8. The van der Waals surface area contributed by atoms with E-state index in [-0.39, 0.29) is 23.6 Å². The molecule has 0 radical (unpaired) electrons. The predicted molar refractivity (Wildman–Crippen MR) is 155 cm³/mol. The van der Waals surface area contributed by atoms with Gasteiger partial charge in [0.05, 0.1) is 35.2 Å². The number of aromatic nitrogens is 2. The zero-order valence-corrected chi connectivity index (χ0v) is 21.9. The molecule has 6 aromatic rings. The number of aromatic carboxylic acids is 1. The number of benzene rings is 4. The Labute approximate surface area is 233 Å². The van der Waals surface area contributed by atoms with Gasteiger partial charge in [-0.25, -0.2) is 9.78 Å². The second kappa shape index (κ2) is 10.8. The molecule has 2 heterocycles. The van der Waals surface area contributed by atoms with Crippen LogP contribution in [0.4, 0.5) is 0 Å². The van der Waals surface area contributed by atoms with Gasteiger partial charge in [0.1, 0.15) is 23.7 Å². The molecule has 0 spiro atoms. The molecule has 202 valence electrons. The van der Waals surface area contributed by atoms with E-state index in [0.29, 0.717) is 39.3 Å². The second-order valence-corrected chi connectivity index (χ2v) is 9.13. The number of hydrogen-bond acceptors (Lipinski definition) is 7. The number of fused-ring (bicyclic) bond motifs is 2. The van der Waals surface area contributed by atoms with E-state index in [2.05, 4.69) is 5.10 Å². The lowest BCUT2D eigenvalue weighted by atomic mass is 10.1. The Morgan fingerprint density at radius 2 is 1.71 bits per heavy atom.